The Kier molecular flexibility index (Phi) is 1.08. The first kappa shape index (κ1) is 5.10. The minimum Gasteiger partial charge on any atom is -0.306 e. The standard InChI is InChI=1S/C6H13N/c1-5-4-6(5)7(2)3/h5-6H,4H2,1-3H3/t5?,6-/m0/s1. The Labute approximate surface area is 45.3 Å². The summed E-state index contributed by atoms with van der Waals surface area (Å²) in [6, 6.07) is 0.903. The van der Waals surface area contributed by atoms with Crippen molar-refractivity contribution in [2.45, 2.75) is 19.4 Å². The second-order valence-electron chi connectivity index (χ2n) is 2.74. The molecule has 0 aromatic heterocycles. The summed E-state index contributed by atoms with van der Waals surface area (Å²) in [6.45, 7) is 2.30. The number of hydrogen-bond acceptors (Lipinski definition) is 1. The fraction of sp³-hybridized carbons (Fsp3) is 1.00. The van der Waals surface area contributed by atoms with E-state index in [2.05, 4.69) is 25.9 Å². The fourth-order valence-corrected chi connectivity index (χ4v) is 1.02. The molecule has 0 heterocycles. The molecular formula is C6H13N. The Morgan fingerprint density at radius 1 is 1.43 bits per heavy atom. The molecule has 0 spiro atoms. The van der Waals surface area contributed by atoms with Crippen LogP contribution < -0.4 is 0 Å². The van der Waals surface area contributed by atoms with Gasteiger partial charge in [0.15, 0.2) is 0 Å². The van der Waals surface area contributed by atoms with Crippen molar-refractivity contribution < 1.29 is 0 Å². The Bertz CT molecular complexity index is 68.6. The molecule has 7 heavy (non-hydrogen) atoms. The van der Waals surface area contributed by atoms with Crippen LogP contribution in [0.4, 0.5) is 0 Å². The zero-order chi connectivity index (χ0) is 5.44. The summed E-state index contributed by atoms with van der Waals surface area (Å²) < 4.78 is 0. The van der Waals surface area contributed by atoms with Gasteiger partial charge in [-0.3, -0.25) is 0 Å². The van der Waals surface area contributed by atoms with Crippen molar-refractivity contribution >= 4 is 0 Å². The van der Waals surface area contributed by atoms with E-state index in [1.807, 2.05) is 0 Å². The smallest absolute Gasteiger partial charge is 0.0118 e. The molecule has 1 rings (SSSR count). The summed E-state index contributed by atoms with van der Waals surface area (Å²) in [6.07, 6.45) is 1.41. The van der Waals surface area contributed by atoms with Crippen LogP contribution >= 0.6 is 0 Å². The van der Waals surface area contributed by atoms with E-state index in [4.69, 9.17) is 0 Å². The van der Waals surface area contributed by atoms with Crippen LogP contribution in [-0.2, 0) is 0 Å². The molecular weight excluding hydrogens is 86.1 g/mol. The van der Waals surface area contributed by atoms with Gasteiger partial charge in [0.2, 0.25) is 0 Å². The largest absolute Gasteiger partial charge is 0.306 e. The minimum atomic E-state index is 0.903. The van der Waals surface area contributed by atoms with Crippen molar-refractivity contribution in [1.29, 1.82) is 0 Å². The Morgan fingerprint density at radius 2 is 1.86 bits per heavy atom. The van der Waals surface area contributed by atoms with Gasteiger partial charge in [-0.2, -0.15) is 0 Å². The average molecular weight is 99.2 g/mol. The monoisotopic (exact) mass is 99.1 g/mol. The highest BCUT2D eigenvalue weighted by molar-refractivity contribution is 4.88. The van der Waals surface area contributed by atoms with E-state index < -0.39 is 0 Å². The Morgan fingerprint density at radius 3 is 1.86 bits per heavy atom. The van der Waals surface area contributed by atoms with Gasteiger partial charge in [-0.25, -0.2) is 0 Å². The lowest BCUT2D eigenvalue weighted by Crippen LogP contribution is -2.14. The van der Waals surface area contributed by atoms with Gasteiger partial charge in [-0.1, -0.05) is 6.92 Å². The molecule has 0 saturated heterocycles. The van der Waals surface area contributed by atoms with E-state index in [0.29, 0.717) is 0 Å². The predicted molar refractivity (Wildman–Crippen MR) is 31.3 cm³/mol. The van der Waals surface area contributed by atoms with E-state index in [1.165, 1.54) is 6.42 Å². The second-order valence-corrected chi connectivity index (χ2v) is 2.74. The molecule has 0 aromatic carbocycles. The van der Waals surface area contributed by atoms with Crippen LogP contribution in [0.2, 0.25) is 0 Å². The summed E-state index contributed by atoms with van der Waals surface area (Å²) in [5.41, 5.74) is 0. The van der Waals surface area contributed by atoms with Crippen molar-refractivity contribution in [1.82, 2.24) is 4.90 Å². The van der Waals surface area contributed by atoms with Crippen LogP contribution in [0.25, 0.3) is 0 Å². The summed E-state index contributed by atoms with van der Waals surface area (Å²) in [5.74, 6) is 0.968. The van der Waals surface area contributed by atoms with Gasteiger partial charge in [-0.15, -0.1) is 0 Å². The van der Waals surface area contributed by atoms with Gasteiger partial charge < -0.3 is 4.90 Å². The van der Waals surface area contributed by atoms with Gasteiger partial charge in [0.1, 0.15) is 0 Å². The van der Waals surface area contributed by atoms with Crippen molar-refractivity contribution in [3.63, 3.8) is 0 Å². The molecule has 1 aliphatic carbocycles. The maximum atomic E-state index is 2.30. The highest BCUT2D eigenvalue weighted by atomic mass is 15.1. The molecule has 2 atom stereocenters. The van der Waals surface area contributed by atoms with E-state index in [9.17, 15) is 0 Å². The van der Waals surface area contributed by atoms with Gasteiger partial charge in [0.25, 0.3) is 0 Å². The first-order valence-corrected chi connectivity index (χ1v) is 2.88. The van der Waals surface area contributed by atoms with E-state index in [1.54, 1.807) is 0 Å². The number of rotatable bonds is 1. The van der Waals surface area contributed by atoms with Crippen LogP contribution in [0.15, 0.2) is 0 Å². The minimum absolute atomic E-state index is 0.903. The molecule has 1 heteroatoms. The molecule has 1 fully saturated rings. The topological polar surface area (TPSA) is 3.24 Å². The van der Waals surface area contributed by atoms with E-state index >= 15 is 0 Å². The normalized spacial score (nSPS) is 39.4. The third kappa shape index (κ3) is 0.942. The van der Waals surface area contributed by atoms with E-state index in [-0.39, 0.29) is 0 Å². The molecule has 0 aromatic rings. The first-order chi connectivity index (χ1) is 3.22. The van der Waals surface area contributed by atoms with Crippen molar-refractivity contribution in [2.75, 3.05) is 14.1 Å². The molecule has 42 valence electrons. The second kappa shape index (κ2) is 1.48. The maximum absolute atomic E-state index is 2.30. The highest BCUT2D eigenvalue weighted by Gasteiger charge is 2.33. The highest BCUT2D eigenvalue weighted by Crippen LogP contribution is 2.32. The van der Waals surface area contributed by atoms with Crippen LogP contribution in [0.3, 0.4) is 0 Å². The number of nitrogens with zero attached hydrogens (tertiary/aromatic N) is 1. The SMILES string of the molecule is CC1C[C@@H]1N(C)C. The lowest BCUT2D eigenvalue weighted by atomic mass is 10.5. The molecule has 0 amide bonds. The summed E-state index contributed by atoms with van der Waals surface area (Å²) in [4.78, 5) is 2.30. The quantitative estimate of drug-likeness (QED) is 0.473. The summed E-state index contributed by atoms with van der Waals surface area (Å²) in [7, 11) is 4.29. The molecule has 1 nitrogen and oxygen atoms in total. The van der Waals surface area contributed by atoms with Crippen LogP contribution in [0.1, 0.15) is 13.3 Å². The molecule has 0 radical (unpaired) electrons. The lowest BCUT2D eigenvalue weighted by Gasteiger charge is -2.05. The van der Waals surface area contributed by atoms with Crippen LogP contribution in [0, 0.1) is 5.92 Å². The van der Waals surface area contributed by atoms with Crippen molar-refractivity contribution in [2.24, 2.45) is 5.92 Å². The molecule has 0 aliphatic heterocycles. The van der Waals surface area contributed by atoms with Crippen LogP contribution in [0.5, 0.6) is 0 Å². The molecule has 1 aliphatic rings. The Hall–Kier alpha value is -0.0400. The predicted octanol–water partition coefficient (Wildman–Crippen LogP) is 0.956. The molecule has 1 saturated carbocycles. The summed E-state index contributed by atoms with van der Waals surface area (Å²) >= 11 is 0. The van der Waals surface area contributed by atoms with E-state index in [0.717, 1.165) is 12.0 Å². The average Bonchev–Trinajstić information content (AvgIpc) is 2.17. The third-order valence-electron chi connectivity index (χ3n) is 1.73. The molecule has 1 unspecified atom stereocenters. The lowest BCUT2D eigenvalue weighted by molar-refractivity contribution is 0.382. The molecule has 0 bridgehead atoms. The van der Waals surface area contributed by atoms with Crippen molar-refractivity contribution in [3.05, 3.63) is 0 Å². The van der Waals surface area contributed by atoms with Gasteiger partial charge in [-0.05, 0) is 26.4 Å². The fourth-order valence-electron chi connectivity index (χ4n) is 1.02. The van der Waals surface area contributed by atoms with Gasteiger partial charge in [0.05, 0.1) is 0 Å². The summed E-state index contributed by atoms with van der Waals surface area (Å²) in [5, 5.41) is 0. The zero-order valence-corrected chi connectivity index (χ0v) is 5.31. The Balaban J connectivity index is 2.20. The number of hydrogen-bond donors (Lipinski definition) is 0. The first-order valence-electron chi connectivity index (χ1n) is 2.88. The van der Waals surface area contributed by atoms with Crippen molar-refractivity contribution in [3.8, 4) is 0 Å². The van der Waals surface area contributed by atoms with Crippen LogP contribution in [-0.4, -0.2) is 25.0 Å². The maximum Gasteiger partial charge on any atom is 0.0118 e. The molecule has 0 N–H and O–H groups in total. The third-order valence-corrected chi connectivity index (χ3v) is 1.73. The zero-order valence-electron chi connectivity index (χ0n) is 5.31. The van der Waals surface area contributed by atoms with Gasteiger partial charge >= 0.3 is 0 Å². The van der Waals surface area contributed by atoms with Gasteiger partial charge in [0, 0.05) is 6.04 Å².